The Labute approximate surface area is 195 Å². The van der Waals surface area contributed by atoms with Gasteiger partial charge in [-0.2, -0.15) is 0 Å². The van der Waals surface area contributed by atoms with Crippen LogP contribution in [0.5, 0.6) is 0 Å². The quantitative estimate of drug-likeness (QED) is 0.467. The summed E-state index contributed by atoms with van der Waals surface area (Å²) < 4.78 is 27.5. The van der Waals surface area contributed by atoms with Crippen molar-refractivity contribution in [2.45, 2.75) is 38.1 Å². The molecule has 0 aliphatic rings. The smallest absolute Gasteiger partial charge is 0.240 e. The van der Waals surface area contributed by atoms with Crippen LogP contribution in [0.25, 0.3) is 0 Å². The molecule has 0 fully saturated rings. The number of carbonyl (C=O) groups is 2. The maximum absolute atomic E-state index is 12.7. The summed E-state index contributed by atoms with van der Waals surface area (Å²) in [6.45, 7) is 5.44. The van der Waals surface area contributed by atoms with E-state index < -0.39 is 10.0 Å². The summed E-state index contributed by atoms with van der Waals surface area (Å²) in [7, 11) is -3.78. The maximum Gasteiger partial charge on any atom is 0.240 e. The fourth-order valence-corrected chi connectivity index (χ4v) is 4.46. The number of benzene rings is 3. The van der Waals surface area contributed by atoms with Crippen molar-refractivity contribution >= 4 is 21.7 Å². The highest BCUT2D eigenvalue weighted by Gasteiger charge is 2.19. The molecule has 0 aliphatic carbocycles. The fourth-order valence-electron chi connectivity index (χ4n) is 3.43. The molecule has 0 unspecified atom stereocenters. The summed E-state index contributed by atoms with van der Waals surface area (Å²) in [5.41, 5.74) is 4.64. The van der Waals surface area contributed by atoms with Gasteiger partial charge in [-0.25, -0.2) is 13.1 Å². The van der Waals surface area contributed by atoms with Gasteiger partial charge in [0.2, 0.25) is 15.9 Å². The molecule has 1 atom stereocenters. The van der Waals surface area contributed by atoms with E-state index >= 15 is 0 Å². The van der Waals surface area contributed by atoms with Crippen LogP contribution >= 0.6 is 0 Å². The van der Waals surface area contributed by atoms with E-state index in [4.69, 9.17) is 0 Å². The van der Waals surface area contributed by atoms with Crippen LogP contribution in [0.4, 0.5) is 0 Å². The third-order valence-electron chi connectivity index (χ3n) is 5.52. The van der Waals surface area contributed by atoms with Crippen molar-refractivity contribution in [1.82, 2.24) is 10.0 Å². The topological polar surface area (TPSA) is 92.3 Å². The zero-order chi connectivity index (χ0) is 24.0. The van der Waals surface area contributed by atoms with Crippen LogP contribution < -0.4 is 10.0 Å². The van der Waals surface area contributed by atoms with Crippen molar-refractivity contribution in [3.8, 4) is 0 Å². The minimum atomic E-state index is -3.78. The first-order valence-corrected chi connectivity index (χ1v) is 12.2. The van der Waals surface area contributed by atoms with Crippen molar-refractivity contribution in [2.24, 2.45) is 0 Å². The molecule has 0 aromatic heterocycles. The zero-order valence-corrected chi connectivity index (χ0v) is 19.8. The number of amides is 1. The lowest BCUT2D eigenvalue weighted by Gasteiger charge is -2.21. The third-order valence-corrected chi connectivity index (χ3v) is 6.99. The van der Waals surface area contributed by atoms with Crippen LogP contribution in [-0.2, 0) is 14.8 Å². The highest BCUT2D eigenvalue weighted by molar-refractivity contribution is 7.89. The van der Waals surface area contributed by atoms with Crippen molar-refractivity contribution in [3.63, 3.8) is 0 Å². The van der Waals surface area contributed by atoms with Crippen LogP contribution in [0.1, 0.15) is 52.0 Å². The minimum Gasteiger partial charge on any atom is -0.345 e. The van der Waals surface area contributed by atoms with Crippen LogP contribution in [0, 0.1) is 13.8 Å². The number of ketones is 1. The van der Waals surface area contributed by atoms with Gasteiger partial charge in [-0.15, -0.1) is 0 Å². The Morgan fingerprint density at radius 3 is 2.12 bits per heavy atom. The van der Waals surface area contributed by atoms with Gasteiger partial charge in [0.25, 0.3) is 0 Å². The SMILES string of the molecule is CC(=O)c1ccc(S(=O)(=O)NCCC(=O)N[C@@H](c2ccccc2)c2ccc(C)c(C)c2)cc1. The minimum absolute atomic E-state index is 0.0149. The summed E-state index contributed by atoms with van der Waals surface area (Å²) in [5.74, 6) is -0.406. The van der Waals surface area contributed by atoms with Gasteiger partial charge in [0.1, 0.15) is 0 Å². The summed E-state index contributed by atoms with van der Waals surface area (Å²) in [6.07, 6.45) is -0.0149. The molecule has 2 N–H and O–H groups in total. The molecule has 3 aromatic rings. The molecule has 3 aromatic carbocycles. The molecule has 172 valence electrons. The van der Waals surface area contributed by atoms with Gasteiger partial charge >= 0.3 is 0 Å². The normalized spacial score (nSPS) is 12.2. The Morgan fingerprint density at radius 1 is 0.848 bits per heavy atom. The van der Waals surface area contributed by atoms with Gasteiger partial charge < -0.3 is 5.32 Å². The first-order chi connectivity index (χ1) is 15.7. The molecule has 0 saturated carbocycles. The molecule has 0 radical (unpaired) electrons. The van der Waals surface area contributed by atoms with E-state index in [2.05, 4.69) is 16.1 Å². The molecule has 0 aliphatic heterocycles. The van der Waals surface area contributed by atoms with Crippen LogP contribution in [0.15, 0.2) is 77.7 Å². The summed E-state index contributed by atoms with van der Waals surface area (Å²) in [6, 6.07) is 21.1. The molecular weight excluding hydrogens is 436 g/mol. The lowest BCUT2D eigenvalue weighted by molar-refractivity contribution is -0.121. The van der Waals surface area contributed by atoms with Crippen molar-refractivity contribution in [3.05, 3.63) is 101 Å². The Bertz CT molecular complexity index is 1240. The molecule has 0 saturated heterocycles. The lowest BCUT2D eigenvalue weighted by atomic mass is 9.95. The van der Waals surface area contributed by atoms with Gasteiger partial charge in [0, 0.05) is 18.5 Å². The Kier molecular flexibility index (Phi) is 7.79. The van der Waals surface area contributed by atoms with Crippen molar-refractivity contribution < 1.29 is 18.0 Å². The number of nitrogens with one attached hydrogen (secondary N) is 2. The van der Waals surface area contributed by atoms with Gasteiger partial charge in [-0.05, 0) is 55.2 Å². The summed E-state index contributed by atoms with van der Waals surface area (Å²) >= 11 is 0. The number of rotatable bonds is 9. The third kappa shape index (κ3) is 6.37. The number of carbonyl (C=O) groups excluding carboxylic acids is 2. The highest BCUT2D eigenvalue weighted by atomic mass is 32.2. The number of Topliss-reactive ketones (excluding diaryl/α,β-unsaturated/α-hetero) is 1. The zero-order valence-electron chi connectivity index (χ0n) is 19.0. The van der Waals surface area contributed by atoms with E-state index in [-0.39, 0.29) is 35.6 Å². The highest BCUT2D eigenvalue weighted by Crippen LogP contribution is 2.24. The molecular formula is C26H28N2O4S. The van der Waals surface area contributed by atoms with Crippen LogP contribution in [0.3, 0.4) is 0 Å². The van der Waals surface area contributed by atoms with Crippen molar-refractivity contribution in [2.75, 3.05) is 6.54 Å². The van der Waals surface area contributed by atoms with E-state index in [9.17, 15) is 18.0 Å². The second-order valence-electron chi connectivity index (χ2n) is 7.98. The molecule has 0 bridgehead atoms. The first kappa shape index (κ1) is 24.4. The molecule has 7 heteroatoms. The molecule has 33 heavy (non-hydrogen) atoms. The predicted octanol–water partition coefficient (Wildman–Crippen LogP) is 4.08. The maximum atomic E-state index is 12.7. The van der Waals surface area contributed by atoms with E-state index in [1.807, 2.05) is 56.3 Å². The number of aryl methyl sites for hydroxylation is 2. The lowest BCUT2D eigenvalue weighted by Crippen LogP contribution is -2.33. The summed E-state index contributed by atoms with van der Waals surface area (Å²) in [4.78, 5) is 24.1. The van der Waals surface area contributed by atoms with Gasteiger partial charge in [0.05, 0.1) is 10.9 Å². The average molecular weight is 465 g/mol. The van der Waals surface area contributed by atoms with Gasteiger partial charge in [-0.1, -0.05) is 60.7 Å². The standard InChI is InChI=1S/C26H28N2O4S/c1-18-9-10-23(17-19(18)2)26(22-7-5-4-6-8-22)28-25(30)15-16-27-33(31,32)24-13-11-21(12-14-24)20(3)29/h4-14,17,26-27H,15-16H2,1-3H3,(H,28,30)/t26-/m0/s1. The van der Waals surface area contributed by atoms with Crippen molar-refractivity contribution in [1.29, 1.82) is 0 Å². The predicted molar refractivity (Wildman–Crippen MR) is 129 cm³/mol. The Morgan fingerprint density at radius 2 is 1.52 bits per heavy atom. The van der Waals surface area contributed by atoms with Gasteiger partial charge in [0.15, 0.2) is 5.78 Å². The van der Waals surface area contributed by atoms with E-state index in [1.54, 1.807) is 0 Å². The van der Waals surface area contributed by atoms with Crippen LogP contribution in [0.2, 0.25) is 0 Å². The number of hydrogen-bond donors (Lipinski definition) is 2. The Hall–Kier alpha value is -3.29. The van der Waals surface area contributed by atoms with Gasteiger partial charge in [-0.3, -0.25) is 9.59 Å². The first-order valence-electron chi connectivity index (χ1n) is 10.7. The molecule has 0 heterocycles. The number of sulfonamides is 1. The molecule has 0 spiro atoms. The molecule has 1 amide bonds. The van der Waals surface area contributed by atoms with Crippen LogP contribution in [-0.4, -0.2) is 26.7 Å². The molecule has 3 rings (SSSR count). The fraction of sp³-hybridized carbons (Fsp3) is 0.231. The second-order valence-corrected chi connectivity index (χ2v) is 9.75. The number of hydrogen-bond acceptors (Lipinski definition) is 4. The second kappa shape index (κ2) is 10.6. The average Bonchev–Trinajstić information content (AvgIpc) is 2.80. The Balaban J connectivity index is 1.66. The molecule has 6 nitrogen and oxygen atoms in total. The monoisotopic (exact) mass is 464 g/mol. The van der Waals surface area contributed by atoms with E-state index in [0.29, 0.717) is 5.56 Å². The summed E-state index contributed by atoms with van der Waals surface area (Å²) in [5, 5.41) is 3.03. The van der Waals surface area contributed by atoms with E-state index in [1.165, 1.54) is 36.8 Å². The largest absolute Gasteiger partial charge is 0.345 e. The van der Waals surface area contributed by atoms with E-state index in [0.717, 1.165) is 16.7 Å².